The average Bonchev–Trinajstić information content (AvgIpc) is 2.29. The number of nitrogens with one attached hydrogen (secondary N) is 1. The quantitative estimate of drug-likeness (QED) is 0.560. The molecule has 0 saturated heterocycles. The maximum atomic E-state index is 9.16. The molecule has 0 bridgehead atoms. The number of hydrogen-bond donors (Lipinski definition) is 4. The summed E-state index contributed by atoms with van der Waals surface area (Å²) in [6, 6.07) is 7.27. The number of rotatable bonds is 6. The molecule has 0 spiro atoms. The molecule has 0 aliphatic carbocycles. The summed E-state index contributed by atoms with van der Waals surface area (Å²) >= 11 is 0. The van der Waals surface area contributed by atoms with Gasteiger partial charge in [0, 0.05) is 12.6 Å². The van der Waals surface area contributed by atoms with Gasteiger partial charge in [-0.25, -0.2) is 0 Å². The van der Waals surface area contributed by atoms with Gasteiger partial charge in [0.05, 0.1) is 12.7 Å². The smallest absolute Gasteiger partial charge is 0.115 e. The van der Waals surface area contributed by atoms with Crippen molar-refractivity contribution in [1.29, 1.82) is 0 Å². The summed E-state index contributed by atoms with van der Waals surface area (Å²) in [5, 5.41) is 30.1. The molecular weight excluding hydrogens is 206 g/mol. The zero-order chi connectivity index (χ0) is 12.0. The van der Waals surface area contributed by atoms with E-state index in [1.165, 1.54) is 0 Å². The van der Waals surface area contributed by atoms with Gasteiger partial charge in [0.25, 0.3) is 0 Å². The Morgan fingerprint density at radius 2 is 1.88 bits per heavy atom. The molecule has 0 amide bonds. The Bertz CT molecular complexity index is 300. The molecule has 0 aliphatic heterocycles. The van der Waals surface area contributed by atoms with Crippen LogP contribution >= 0.6 is 0 Å². The summed E-state index contributed by atoms with van der Waals surface area (Å²) in [7, 11) is 0. The first kappa shape index (κ1) is 13.0. The van der Waals surface area contributed by atoms with E-state index in [-0.39, 0.29) is 18.4 Å². The number of benzene rings is 1. The van der Waals surface area contributed by atoms with Crippen molar-refractivity contribution in [2.24, 2.45) is 0 Å². The molecule has 1 aromatic rings. The first-order valence-electron chi connectivity index (χ1n) is 5.42. The van der Waals surface area contributed by atoms with E-state index < -0.39 is 6.10 Å². The molecule has 4 nitrogen and oxygen atoms in total. The van der Waals surface area contributed by atoms with Gasteiger partial charge in [0.2, 0.25) is 0 Å². The molecule has 0 aliphatic rings. The first-order valence-corrected chi connectivity index (χ1v) is 5.42. The molecular formula is C12H19NO3. The Balaban J connectivity index is 2.33. The number of phenolic OH excluding ortho intramolecular Hbond substituents is 1. The van der Waals surface area contributed by atoms with Gasteiger partial charge in [-0.05, 0) is 31.0 Å². The summed E-state index contributed by atoms with van der Waals surface area (Å²) in [5.41, 5.74) is 1.12. The Hall–Kier alpha value is -1.10. The Labute approximate surface area is 95.6 Å². The first-order chi connectivity index (χ1) is 7.61. The fraction of sp³-hybridized carbons (Fsp3) is 0.500. The lowest BCUT2D eigenvalue weighted by atomic mass is 10.1. The lowest BCUT2D eigenvalue weighted by Crippen LogP contribution is -2.36. The summed E-state index contributed by atoms with van der Waals surface area (Å²) < 4.78 is 0. The van der Waals surface area contributed by atoms with Crippen molar-refractivity contribution >= 4 is 0 Å². The number of aromatic hydroxyl groups is 1. The molecule has 2 atom stereocenters. The van der Waals surface area contributed by atoms with E-state index in [4.69, 9.17) is 15.3 Å². The lowest BCUT2D eigenvalue weighted by Gasteiger charge is -2.16. The second-order valence-corrected chi connectivity index (χ2v) is 4.02. The van der Waals surface area contributed by atoms with E-state index in [0.29, 0.717) is 6.54 Å². The summed E-state index contributed by atoms with van der Waals surface area (Å²) in [6.07, 6.45) is 0.112. The molecule has 90 valence electrons. The topological polar surface area (TPSA) is 72.7 Å². The molecule has 16 heavy (non-hydrogen) atoms. The minimum atomic E-state index is -0.706. The number of aliphatic hydroxyl groups is 2. The highest BCUT2D eigenvalue weighted by Crippen LogP contribution is 2.11. The zero-order valence-electron chi connectivity index (χ0n) is 9.43. The van der Waals surface area contributed by atoms with Crippen molar-refractivity contribution in [1.82, 2.24) is 5.32 Å². The van der Waals surface area contributed by atoms with Crippen molar-refractivity contribution < 1.29 is 15.3 Å². The molecule has 0 heterocycles. The zero-order valence-corrected chi connectivity index (χ0v) is 9.43. The molecule has 1 aromatic carbocycles. The van der Waals surface area contributed by atoms with Gasteiger partial charge in [-0.1, -0.05) is 12.1 Å². The molecule has 0 fully saturated rings. The Morgan fingerprint density at radius 3 is 2.44 bits per heavy atom. The Morgan fingerprint density at radius 1 is 1.25 bits per heavy atom. The number of phenols is 1. The van der Waals surface area contributed by atoms with E-state index in [1.54, 1.807) is 12.1 Å². The standard InChI is InChI=1S/C12H19NO3/c1-9(13-7-12(16)8-14)6-10-2-4-11(15)5-3-10/h2-5,9,12-16H,6-8H2,1H3. The van der Waals surface area contributed by atoms with Crippen LogP contribution in [0.1, 0.15) is 12.5 Å². The molecule has 2 unspecified atom stereocenters. The highest BCUT2D eigenvalue weighted by molar-refractivity contribution is 5.26. The van der Waals surface area contributed by atoms with Crippen LogP contribution in [0.15, 0.2) is 24.3 Å². The van der Waals surface area contributed by atoms with Crippen LogP contribution in [0.2, 0.25) is 0 Å². The van der Waals surface area contributed by atoms with Crippen LogP contribution in [0.25, 0.3) is 0 Å². The number of hydrogen-bond acceptors (Lipinski definition) is 4. The molecule has 4 heteroatoms. The minimum Gasteiger partial charge on any atom is -0.508 e. The van der Waals surface area contributed by atoms with Gasteiger partial charge in [0.1, 0.15) is 5.75 Å². The highest BCUT2D eigenvalue weighted by atomic mass is 16.3. The fourth-order valence-corrected chi connectivity index (χ4v) is 1.46. The number of aliphatic hydroxyl groups excluding tert-OH is 2. The van der Waals surface area contributed by atoms with Gasteiger partial charge in [-0.3, -0.25) is 0 Å². The van der Waals surface area contributed by atoms with Crippen LogP contribution in [0.4, 0.5) is 0 Å². The lowest BCUT2D eigenvalue weighted by molar-refractivity contribution is 0.0924. The van der Waals surface area contributed by atoms with Crippen LogP contribution < -0.4 is 5.32 Å². The third-order valence-corrected chi connectivity index (χ3v) is 2.39. The SMILES string of the molecule is CC(Cc1ccc(O)cc1)NCC(O)CO. The second kappa shape index (κ2) is 6.48. The third-order valence-electron chi connectivity index (χ3n) is 2.39. The average molecular weight is 225 g/mol. The van der Waals surface area contributed by atoms with Gasteiger partial charge in [0.15, 0.2) is 0 Å². The van der Waals surface area contributed by atoms with Crippen LogP contribution in [0.5, 0.6) is 5.75 Å². The van der Waals surface area contributed by atoms with Gasteiger partial charge in [-0.15, -0.1) is 0 Å². The van der Waals surface area contributed by atoms with Gasteiger partial charge < -0.3 is 20.6 Å². The molecule has 0 radical (unpaired) electrons. The molecule has 0 saturated carbocycles. The van der Waals surface area contributed by atoms with Crippen molar-refractivity contribution in [3.8, 4) is 5.75 Å². The molecule has 0 aromatic heterocycles. The normalized spacial score (nSPS) is 14.7. The third kappa shape index (κ3) is 4.61. The summed E-state index contributed by atoms with van der Waals surface area (Å²) in [6.45, 7) is 2.17. The van der Waals surface area contributed by atoms with Crippen LogP contribution in [0, 0.1) is 0 Å². The highest BCUT2D eigenvalue weighted by Gasteiger charge is 2.06. The maximum Gasteiger partial charge on any atom is 0.115 e. The second-order valence-electron chi connectivity index (χ2n) is 4.02. The van der Waals surface area contributed by atoms with E-state index in [9.17, 15) is 0 Å². The van der Waals surface area contributed by atoms with Gasteiger partial charge >= 0.3 is 0 Å². The van der Waals surface area contributed by atoms with E-state index in [1.807, 2.05) is 19.1 Å². The van der Waals surface area contributed by atoms with E-state index >= 15 is 0 Å². The van der Waals surface area contributed by atoms with Crippen molar-refractivity contribution in [2.45, 2.75) is 25.5 Å². The molecule has 1 rings (SSSR count). The fourth-order valence-electron chi connectivity index (χ4n) is 1.46. The summed E-state index contributed by atoms with van der Waals surface area (Å²) in [4.78, 5) is 0. The van der Waals surface area contributed by atoms with Crippen LogP contribution in [-0.4, -0.2) is 40.6 Å². The van der Waals surface area contributed by atoms with E-state index in [0.717, 1.165) is 12.0 Å². The largest absolute Gasteiger partial charge is 0.508 e. The minimum absolute atomic E-state index is 0.214. The maximum absolute atomic E-state index is 9.16. The van der Waals surface area contributed by atoms with Crippen molar-refractivity contribution in [2.75, 3.05) is 13.2 Å². The van der Waals surface area contributed by atoms with Crippen molar-refractivity contribution in [3.63, 3.8) is 0 Å². The summed E-state index contributed by atoms with van der Waals surface area (Å²) in [5.74, 6) is 0.264. The van der Waals surface area contributed by atoms with Gasteiger partial charge in [-0.2, -0.15) is 0 Å². The van der Waals surface area contributed by atoms with Crippen LogP contribution in [0.3, 0.4) is 0 Å². The Kier molecular flexibility index (Phi) is 5.25. The van der Waals surface area contributed by atoms with Crippen molar-refractivity contribution in [3.05, 3.63) is 29.8 Å². The predicted molar refractivity (Wildman–Crippen MR) is 62.4 cm³/mol. The van der Waals surface area contributed by atoms with E-state index in [2.05, 4.69) is 5.32 Å². The molecule has 4 N–H and O–H groups in total. The predicted octanol–water partition coefficient (Wildman–Crippen LogP) is 0.266. The van der Waals surface area contributed by atoms with Crippen LogP contribution in [-0.2, 0) is 6.42 Å². The monoisotopic (exact) mass is 225 g/mol.